The zero-order chi connectivity index (χ0) is 11.3. The van der Waals surface area contributed by atoms with Gasteiger partial charge in [0.2, 0.25) is 0 Å². The summed E-state index contributed by atoms with van der Waals surface area (Å²) < 4.78 is 0.908. The monoisotopic (exact) mass is 264 g/mol. The highest BCUT2D eigenvalue weighted by Gasteiger charge is 2.05. The molecule has 1 aromatic carbocycles. The van der Waals surface area contributed by atoms with Gasteiger partial charge in [-0.3, -0.25) is 4.79 Å². The molecule has 3 nitrogen and oxygen atoms in total. The van der Waals surface area contributed by atoms with E-state index in [1.165, 1.54) is 7.05 Å². The maximum atomic E-state index is 11.2. The van der Waals surface area contributed by atoms with Crippen LogP contribution in [-0.4, -0.2) is 13.0 Å². The number of benzene rings is 1. The molecule has 0 fully saturated rings. The van der Waals surface area contributed by atoms with Gasteiger partial charge >= 0.3 is 0 Å². The summed E-state index contributed by atoms with van der Waals surface area (Å²) in [5, 5.41) is 11.2. The van der Waals surface area contributed by atoms with Crippen molar-refractivity contribution in [3.63, 3.8) is 0 Å². The Hall–Kier alpha value is -1.60. The Morgan fingerprint density at radius 2 is 2.33 bits per heavy atom. The zero-order valence-corrected chi connectivity index (χ0v) is 9.71. The minimum absolute atomic E-state index is 0.0931. The number of hydrogen-bond donors (Lipinski definition) is 1. The van der Waals surface area contributed by atoms with Crippen LogP contribution in [0.4, 0.5) is 0 Å². The Balaban J connectivity index is 3.05. The molecule has 0 heterocycles. The summed E-state index contributed by atoms with van der Waals surface area (Å²) in [6.45, 7) is 0. The average molecular weight is 265 g/mol. The number of nitrogens with zero attached hydrogens (tertiary/aromatic N) is 1. The van der Waals surface area contributed by atoms with E-state index in [1.54, 1.807) is 6.08 Å². The summed E-state index contributed by atoms with van der Waals surface area (Å²) in [5.74, 6) is -0.377. The number of halogens is 1. The Labute approximate surface area is 96.5 Å². The molecule has 15 heavy (non-hydrogen) atoms. The molecule has 0 aliphatic rings. The molecule has 0 saturated carbocycles. The normalized spacial score (nSPS) is 10.6. The second-order valence-electron chi connectivity index (χ2n) is 2.80. The number of nitrogens with one attached hydrogen (secondary N) is 1. The predicted octanol–water partition coefficient (Wildman–Crippen LogP) is 2.10. The third-order valence-electron chi connectivity index (χ3n) is 1.75. The highest BCUT2D eigenvalue weighted by atomic mass is 79.9. The first-order valence-corrected chi connectivity index (χ1v) is 5.06. The largest absolute Gasteiger partial charge is 0.354 e. The molecule has 0 spiro atoms. The summed E-state index contributed by atoms with van der Waals surface area (Å²) >= 11 is 3.32. The summed E-state index contributed by atoms with van der Waals surface area (Å²) in [7, 11) is 1.49. The number of rotatable bonds is 2. The van der Waals surface area contributed by atoms with Crippen LogP contribution in [0.1, 0.15) is 5.56 Å². The van der Waals surface area contributed by atoms with Gasteiger partial charge in [-0.2, -0.15) is 5.26 Å². The van der Waals surface area contributed by atoms with Crippen molar-refractivity contribution in [3.05, 3.63) is 39.9 Å². The van der Waals surface area contributed by atoms with Crippen molar-refractivity contribution in [3.8, 4) is 6.07 Å². The maximum absolute atomic E-state index is 11.2. The lowest BCUT2D eigenvalue weighted by Crippen LogP contribution is -2.19. The minimum atomic E-state index is -0.377. The van der Waals surface area contributed by atoms with Crippen LogP contribution >= 0.6 is 15.9 Å². The van der Waals surface area contributed by atoms with Gasteiger partial charge in [-0.1, -0.05) is 28.1 Å². The lowest BCUT2D eigenvalue weighted by atomic mass is 10.1. The Morgan fingerprint density at radius 1 is 1.60 bits per heavy atom. The van der Waals surface area contributed by atoms with Crippen molar-refractivity contribution in [2.24, 2.45) is 0 Å². The Bertz CT molecular complexity index is 446. The molecule has 0 aromatic heterocycles. The molecule has 0 atom stereocenters. The van der Waals surface area contributed by atoms with Crippen LogP contribution in [0.2, 0.25) is 0 Å². The molecule has 0 saturated heterocycles. The molecule has 0 aliphatic carbocycles. The molecule has 1 rings (SSSR count). The van der Waals surface area contributed by atoms with Crippen molar-refractivity contribution >= 4 is 27.9 Å². The SMILES string of the molecule is CNC(=O)/C(C#N)=C\c1cccc(Br)c1. The molecule has 1 aromatic rings. The first kappa shape index (κ1) is 11.5. The van der Waals surface area contributed by atoms with Gasteiger partial charge < -0.3 is 5.32 Å². The highest BCUT2D eigenvalue weighted by Crippen LogP contribution is 2.14. The molecule has 0 bridgehead atoms. The first-order chi connectivity index (χ1) is 7.17. The molecule has 76 valence electrons. The van der Waals surface area contributed by atoms with Crippen LogP contribution in [0, 0.1) is 11.3 Å². The summed E-state index contributed by atoms with van der Waals surface area (Å²) in [6, 6.07) is 9.23. The van der Waals surface area contributed by atoms with Crippen LogP contribution in [-0.2, 0) is 4.79 Å². The standard InChI is InChI=1S/C11H9BrN2O/c1-14-11(15)9(7-13)5-8-3-2-4-10(12)6-8/h2-6H,1H3,(H,14,15)/b9-5-. The molecular weight excluding hydrogens is 256 g/mol. The smallest absolute Gasteiger partial charge is 0.261 e. The van der Waals surface area contributed by atoms with E-state index in [2.05, 4.69) is 21.2 Å². The second kappa shape index (κ2) is 5.32. The van der Waals surface area contributed by atoms with Gasteiger partial charge in [-0.15, -0.1) is 0 Å². The van der Waals surface area contributed by atoms with Gasteiger partial charge in [-0.25, -0.2) is 0 Å². The summed E-state index contributed by atoms with van der Waals surface area (Å²) in [5.41, 5.74) is 0.903. The van der Waals surface area contributed by atoms with Crippen molar-refractivity contribution in [2.45, 2.75) is 0 Å². The topological polar surface area (TPSA) is 52.9 Å². The van der Waals surface area contributed by atoms with Crippen molar-refractivity contribution in [2.75, 3.05) is 7.05 Å². The van der Waals surface area contributed by atoms with E-state index in [9.17, 15) is 4.79 Å². The van der Waals surface area contributed by atoms with E-state index in [1.807, 2.05) is 30.3 Å². The molecular formula is C11H9BrN2O. The number of nitriles is 1. The van der Waals surface area contributed by atoms with Crippen LogP contribution in [0.5, 0.6) is 0 Å². The summed E-state index contributed by atoms with van der Waals surface area (Å²) in [4.78, 5) is 11.2. The molecule has 0 radical (unpaired) electrons. The number of carbonyl (C=O) groups excluding carboxylic acids is 1. The Kier molecular flexibility index (Phi) is 4.07. The molecule has 0 aliphatic heterocycles. The predicted molar refractivity (Wildman–Crippen MR) is 61.8 cm³/mol. The van der Waals surface area contributed by atoms with Crippen LogP contribution < -0.4 is 5.32 Å². The van der Waals surface area contributed by atoms with Crippen LogP contribution in [0.25, 0.3) is 6.08 Å². The van der Waals surface area contributed by atoms with Crippen LogP contribution in [0.15, 0.2) is 34.3 Å². The lowest BCUT2D eigenvalue weighted by molar-refractivity contribution is -0.116. The number of likely N-dealkylation sites (N-methyl/N-ethyl adjacent to an activating group) is 1. The van der Waals surface area contributed by atoms with Gasteiger partial charge in [0, 0.05) is 11.5 Å². The zero-order valence-electron chi connectivity index (χ0n) is 8.12. The van der Waals surface area contributed by atoms with Gasteiger partial charge in [0.1, 0.15) is 11.6 Å². The minimum Gasteiger partial charge on any atom is -0.354 e. The van der Waals surface area contributed by atoms with E-state index in [0.29, 0.717) is 0 Å². The first-order valence-electron chi connectivity index (χ1n) is 4.27. The van der Waals surface area contributed by atoms with E-state index in [0.717, 1.165) is 10.0 Å². The van der Waals surface area contributed by atoms with Gasteiger partial charge in [0.15, 0.2) is 0 Å². The number of carbonyl (C=O) groups is 1. The average Bonchev–Trinajstić information content (AvgIpc) is 2.25. The molecule has 0 unspecified atom stereocenters. The maximum Gasteiger partial charge on any atom is 0.261 e. The molecule has 1 N–H and O–H groups in total. The van der Waals surface area contributed by atoms with E-state index in [4.69, 9.17) is 5.26 Å². The van der Waals surface area contributed by atoms with Gasteiger partial charge in [0.05, 0.1) is 0 Å². The Morgan fingerprint density at radius 3 is 2.87 bits per heavy atom. The van der Waals surface area contributed by atoms with Crippen molar-refractivity contribution < 1.29 is 4.79 Å². The van der Waals surface area contributed by atoms with Gasteiger partial charge in [-0.05, 0) is 23.8 Å². The van der Waals surface area contributed by atoms with Crippen molar-refractivity contribution in [1.82, 2.24) is 5.32 Å². The fourth-order valence-corrected chi connectivity index (χ4v) is 1.46. The fourth-order valence-electron chi connectivity index (χ4n) is 1.05. The van der Waals surface area contributed by atoms with Crippen LogP contribution in [0.3, 0.4) is 0 Å². The quantitative estimate of drug-likeness (QED) is 0.657. The van der Waals surface area contributed by atoms with E-state index < -0.39 is 0 Å². The summed E-state index contributed by atoms with van der Waals surface area (Å²) in [6.07, 6.45) is 1.55. The highest BCUT2D eigenvalue weighted by molar-refractivity contribution is 9.10. The lowest BCUT2D eigenvalue weighted by Gasteiger charge is -1.98. The van der Waals surface area contributed by atoms with E-state index in [-0.39, 0.29) is 11.5 Å². The molecule has 1 amide bonds. The third-order valence-corrected chi connectivity index (χ3v) is 2.25. The second-order valence-corrected chi connectivity index (χ2v) is 3.72. The van der Waals surface area contributed by atoms with Gasteiger partial charge in [0.25, 0.3) is 5.91 Å². The number of amides is 1. The molecule has 4 heteroatoms. The van der Waals surface area contributed by atoms with E-state index >= 15 is 0 Å². The fraction of sp³-hybridized carbons (Fsp3) is 0.0909. The number of hydrogen-bond acceptors (Lipinski definition) is 2. The van der Waals surface area contributed by atoms with Crippen molar-refractivity contribution in [1.29, 1.82) is 5.26 Å². The third kappa shape index (κ3) is 3.22.